The van der Waals surface area contributed by atoms with Gasteiger partial charge in [0.15, 0.2) is 0 Å². The summed E-state index contributed by atoms with van der Waals surface area (Å²) in [5, 5.41) is 20.7. The van der Waals surface area contributed by atoms with Gasteiger partial charge < -0.3 is 24.4 Å². The normalized spacial score (nSPS) is 31.8. The first-order chi connectivity index (χ1) is 10.0. The van der Waals surface area contributed by atoms with Gasteiger partial charge in [-0.25, -0.2) is 0 Å². The fourth-order valence-electron chi connectivity index (χ4n) is 3.17. The van der Waals surface area contributed by atoms with E-state index in [9.17, 15) is 10.2 Å². The quantitative estimate of drug-likeness (QED) is 0.752. The van der Waals surface area contributed by atoms with Crippen LogP contribution in [0.1, 0.15) is 54.9 Å². The summed E-state index contributed by atoms with van der Waals surface area (Å²) in [5.74, 6) is 0.539. The molecule has 0 saturated carbocycles. The molecule has 0 radical (unpaired) electrons. The van der Waals surface area contributed by atoms with Gasteiger partial charge in [0, 0.05) is 0 Å². The number of hydrogen-bond acceptors (Lipinski definition) is 5. The topological polar surface area (TPSA) is 68.2 Å². The van der Waals surface area contributed by atoms with Crippen LogP contribution in [0.5, 0.6) is 0 Å². The van der Waals surface area contributed by atoms with Crippen LogP contribution in [0.15, 0.2) is 0 Å². The zero-order valence-corrected chi connectivity index (χ0v) is 15.1. The molecule has 0 amide bonds. The van der Waals surface area contributed by atoms with Crippen molar-refractivity contribution < 1.29 is 24.4 Å². The van der Waals surface area contributed by atoms with Gasteiger partial charge in [-0.1, -0.05) is 13.8 Å². The van der Waals surface area contributed by atoms with E-state index in [1.807, 2.05) is 34.6 Å². The maximum atomic E-state index is 10.4. The minimum atomic E-state index is -1.03. The Morgan fingerprint density at radius 3 is 2.18 bits per heavy atom. The Labute approximate surface area is 135 Å². The van der Waals surface area contributed by atoms with Crippen LogP contribution in [0.25, 0.3) is 0 Å². The third-order valence-electron chi connectivity index (χ3n) is 3.92. The summed E-state index contributed by atoms with van der Waals surface area (Å²) < 4.78 is 17.5. The molecule has 0 aromatic heterocycles. The van der Waals surface area contributed by atoms with E-state index in [4.69, 9.17) is 14.2 Å². The van der Waals surface area contributed by atoms with Crippen molar-refractivity contribution in [1.29, 1.82) is 0 Å². The molecule has 1 heterocycles. The lowest BCUT2D eigenvalue weighted by Gasteiger charge is -2.45. The zero-order chi connectivity index (χ0) is 17.1. The fourth-order valence-corrected chi connectivity index (χ4v) is 3.17. The van der Waals surface area contributed by atoms with E-state index in [1.165, 1.54) is 0 Å². The number of aliphatic hydroxyl groups excluding tert-OH is 2. The highest BCUT2D eigenvalue weighted by molar-refractivity contribution is 4.96. The van der Waals surface area contributed by atoms with Gasteiger partial charge in [0.05, 0.1) is 24.4 Å². The van der Waals surface area contributed by atoms with Crippen LogP contribution in [0.2, 0.25) is 0 Å². The molecular weight excluding hydrogens is 284 g/mol. The molecule has 1 rings (SSSR count). The summed E-state index contributed by atoms with van der Waals surface area (Å²) >= 11 is 0. The molecule has 0 aromatic carbocycles. The Morgan fingerprint density at radius 2 is 1.68 bits per heavy atom. The van der Waals surface area contributed by atoms with Gasteiger partial charge in [-0.3, -0.25) is 0 Å². The average Bonchev–Trinajstić information content (AvgIpc) is 2.32. The highest BCUT2D eigenvalue weighted by Crippen LogP contribution is 2.30. The van der Waals surface area contributed by atoms with Crippen LogP contribution in [-0.2, 0) is 14.2 Å². The van der Waals surface area contributed by atoms with Crippen molar-refractivity contribution in [3.63, 3.8) is 0 Å². The van der Waals surface area contributed by atoms with Crippen LogP contribution in [0.4, 0.5) is 0 Å². The Hall–Kier alpha value is -0.200. The van der Waals surface area contributed by atoms with E-state index >= 15 is 0 Å². The predicted octanol–water partition coefficient (Wildman–Crippen LogP) is 2.13. The lowest BCUT2D eigenvalue weighted by molar-refractivity contribution is -0.258. The second-order valence-electron chi connectivity index (χ2n) is 7.62. The Balaban J connectivity index is 2.68. The van der Waals surface area contributed by atoms with Gasteiger partial charge in [0.1, 0.15) is 24.4 Å². The molecule has 5 unspecified atom stereocenters. The van der Waals surface area contributed by atoms with Crippen molar-refractivity contribution in [2.75, 3.05) is 6.61 Å². The molecule has 0 aliphatic carbocycles. The molecule has 2 N–H and O–H groups in total. The van der Waals surface area contributed by atoms with Crippen LogP contribution in [0.3, 0.4) is 0 Å². The predicted molar refractivity (Wildman–Crippen MR) is 85.8 cm³/mol. The second kappa shape index (κ2) is 8.06. The van der Waals surface area contributed by atoms with Crippen molar-refractivity contribution in [3.8, 4) is 0 Å². The van der Waals surface area contributed by atoms with Crippen molar-refractivity contribution >= 4 is 0 Å². The van der Waals surface area contributed by atoms with Gasteiger partial charge in [-0.05, 0) is 47.0 Å². The summed E-state index contributed by atoms with van der Waals surface area (Å²) in [4.78, 5) is 0. The van der Waals surface area contributed by atoms with Crippen LogP contribution >= 0.6 is 0 Å². The molecule has 5 heteroatoms. The van der Waals surface area contributed by atoms with E-state index in [0.29, 0.717) is 5.92 Å². The van der Waals surface area contributed by atoms with E-state index < -0.39 is 30.0 Å². The monoisotopic (exact) mass is 318 g/mol. The molecule has 22 heavy (non-hydrogen) atoms. The lowest BCUT2D eigenvalue weighted by Crippen LogP contribution is -2.61. The Bertz CT molecular complexity index is 329. The van der Waals surface area contributed by atoms with Gasteiger partial charge >= 0.3 is 0 Å². The average molecular weight is 318 g/mol. The summed E-state index contributed by atoms with van der Waals surface area (Å²) in [6.07, 6.45) is -2.11. The summed E-state index contributed by atoms with van der Waals surface area (Å²) in [6, 6.07) is 0. The lowest BCUT2D eigenvalue weighted by atomic mass is 9.88. The third kappa shape index (κ3) is 5.46. The molecule has 0 spiro atoms. The van der Waals surface area contributed by atoms with Crippen LogP contribution in [-0.4, -0.2) is 59.0 Å². The maximum Gasteiger partial charge on any atom is 0.114 e. The van der Waals surface area contributed by atoms with Gasteiger partial charge in [-0.2, -0.15) is 0 Å². The second-order valence-corrected chi connectivity index (χ2v) is 7.62. The van der Waals surface area contributed by atoms with Crippen molar-refractivity contribution in [3.05, 3.63) is 0 Å². The van der Waals surface area contributed by atoms with Crippen LogP contribution < -0.4 is 0 Å². The minimum Gasteiger partial charge on any atom is -0.388 e. The highest BCUT2D eigenvalue weighted by atomic mass is 16.6. The largest absolute Gasteiger partial charge is 0.388 e. The van der Waals surface area contributed by atoms with Crippen molar-refractivity contribution in [2.24, 2.45) is 5.92 Å². The molecule has 1 aliphatic heterocycles. The Kier molecular flexibility index (Phi) is 7.27. The molecule has 5 atom stereocenters. The maximum absolute atomic E-state index is 10.4. The highest BCUT2D eigenvalue weighted by Gasteiger charge is 2.47. The van der Waals surface area contributed by atoms with E-state index in [2.05, 4.69) is 13.8 Å². The number of ether oxygens (including phenoxy) is 3. The minimum absolute atomic E-state index is 0.0256. The number of rotatable bonds is 7. The summed E-state index contributed by atoms with van der Waals surface area (Å²) in [7, 11) is 0. The van der Waals surface area contributed by atoms with Crippen molar-refractivity contribution in [1.82, 2.24) is 0 Å². The summed E-state index contributed by atoms with van der Waals surface area (Å²) in [5.41, 5.74) is -0.683. The molecule has 0 aromatic rings. The molecule has 1 fully saturated rings. The van der Waals surface area contributed by atoms with E-state index in [-0.39, 0.29) is 18.8 Å². The standard InChI is InChI=1S/C17H34O5/c1-10(2)8-12(5)22-17(6,7)16-15(19)14(18)13(9-20-16)21-11(3)4/h10-16,18-19H,8-9H2,1-7H3. The zero-order valence-electron chi connectivity index (χ0n) is 15.1. The number of hydrogen-bond donors (Lipinski definition) is 2. The molecular formula is C17H34O5. The summed E-state index contributed by atoms with van der Waals surface area (Å²) in [6.45, 7) is 14.2. The molecule has 1 aliphatic rings. The van der Waals surface area contributed by atoms with Crippen LogP contribution in [0, 0.1) is 5.92 Å². The smallest absolute Gasteiger partial charge is 0.114 e. The molecule has 0 bridgehead atoms. The Morgan fingerprint density at radius 1 is 1.09 bits per heavy atom. The fraction of sp³-hybridized carbons (Fsp3) is 1.00. The van der Waals surface area contributed by atoms with Gasteiger partial charge in [0.2, 0.25) is 0 Å². The third-order valence-corrected chi connectivity index (χ3v) is 3.92. The first kappa shape index (κ1) is 19.8. The van der Waals surface area contributed by atoms with E-state index in [1.54, 1.807) is 0 Å². The SMILES string of the molecule is CC(C)CC(C)OC(C)(C)C1OCC(OC(C)C)C(O)C1O. The van der Waals surface area contributed by atoms with E-state index in [0.717, 1.165) is 6.42 Å². The molecule has 1 saturated heterocycles. The van der Waals surface area contributed by atoms with Gasteiger partial charge in [-0.15, -0.1) is 0 Å². The first-order valence-corrected chi connectivity index (χ1v) is 8.35. The molecule has 5 nitrogen and oxygen atoms in total. The first-order valence-electron chi connectivity index (χ1n) is 8.35. The molecule has 132 valence electrons. The van der Waals surface area contributed by atoms with Crippen molar-refractivity contribution in [2.45, 2.75) is 97.1 Å². The number of aliphatic hydroxyl groups is 2. The van der Waals surface area contributed by atoms with Gasteiger partial charge in [0.25, 0.3) is 0 Å².